The Morgan fingerprint density at radius 2 is 2.10 bits per heavy atom. The number of hydrogen-bond donors (Lipinski definition) is 1. The monoisotopic (exact) mass is 269 g/mol. The molecule has 0 aliphatic heterocycles. The maximum absolute atomic E-state index is 5.59. The van der Waals surface area contributed by atoms with Crippen molar-refractivity contribution in [2.75, 3.05) is 6.54 Å². The topological polar surface area (TPSA) is 43.0 Å². The first-order valence-electron chi connectivity index (χ1n) is 6.99. The Morgan fingerprint density at radius 3 is 2.85 bits per heavy atom. The Kier molecular flexibility index (Phi) is 3.56. The summed E-state index contributed by atoms with van der Waals surface area (Å²) in [5, 5.41) is 9.38. The van der Waals surface area contributed by atoms with Gasteiger partial charge in [-0.1, -0.05) is 25.1 Å². The number of para-hydroxylation sites is 1. The standard InChI is InChI=1S/C16H19N3O/c1-3-10-17-16(14-9-6-11-20-14)15-12-7-4-5-8-13(12)19(2)18-15/h4-9,11,16-17H,3,10H2,1-2H3. The minimum absolute atomic E-state index is 0.00366. The summed E-state index contributed by atoms with van der Waals surface area (Å²) in [6, 6.07) is 12.2. The fourth-order valence-electron chi connectivity index (χ4n) is 2.53. The first-order chi connectivity index (χ1) is 9.81. The molecule has 1 atom stereocenters. The SMILES string of the molecule is CCCNC(c1ccco1)c1nn(C)c2ccccc12. The second-order valence-electron chi connectivity index (χ2n) is 4.93. The van der Waals surface area contributed by atoms with Gasteiger partial charge in [0.05, 0.1) is 17.5 Å². The maximum Gasteiger partial charge on any atom is 0.126 e. The zero-order valence-corrected chi connectivity index (χ0v) is 11.8. The zero-order valence-electron chi connectivity index (χ0n) is 11.8. The maximum atomic E-state index is 5.59. The van der Waals surface area contributed by atoms with Crippen LogP contribution in [-0.2, 0) is 7.05 Å². The number of nitrogens with zero attached hydrogens (tertiary/aromatic N) is 2. The molecule has 20 heavy (non-hydrogen) atoms. The number of hydrogen-bond acceptors (Lipinski definition) is 3. The Balaban J connectivity index is 2.09. The quantitative estimate of drug-likeness (QED) is 0.773. The van der Waals surface area contributed by atoms with E-state index in [1.54, 1.807) is 6.26 Å². The molecule has 4 nitrogen and oxygen atoms in total. The molecule has 0 radical (unpaired) electrons. The van der Waals surface area contributed by atoms with E-state index in [0.717, 1.165) is 29.9 Å². The lowest BCUT2D eigenvalue weighted by atomic mass is 10.1. The van der Waals surface area contributed by atoms with Gasteiger partial charge in [0.2, 0.25) is 0 Å². The molecule has 2 heterocycles. The van der Waals surface area contributed by atoms with Crippen molar-refractivity contribution in [2.45, 2.75) is 19.4 Å². The minimum atomic E-state index is -0.00366. The van der Waals surface area contributed by atoms with Crippen molar-refractivity contribution in [3.63, 3.8) is 0 Å². The lowest BCUT2D eigenvalue weighted by Gasteiger charge is -2.14. The lowest BCUT2D eigenvalue weighted by Crippen LogP contribution is -2.23. The fraction of sp³-hybridized carbons (Fsp3) is 0.312. The van der Waals surface area contributed by atoms with Gasteiger partial charge in [0.15, 0.2) is 0 Å². The van der Waals surface area contributed by atoms with E-state index < -0.39 is 0 Å². The highest BCUT2D eigenvalue weighted by atomic mass is 16.3. The molecule has 0 aliphatic rings. The van der Waals surface area contributed by atoms with E-state index in [1.807, 2.05) is 36.0 Å². The van der Waals surface area contributed by atoms with Crippen molar-refractivity contribution in [1.82, 2.24) is 15.1 Å². The van der Waals surface area contributed by atoms with Gasteiger partial charge in [-0.25, -0.2) is 0 Å². The number of aromatic nitrogens is 2. The van der Waals surface area contributed by atoms with Crippen LogP contribution in [0.4, 0.5) is 0 Å². The first kappa shape index (κ1) is 12.9. The van der Waals surface area contributed by atoms with E-state index in [4.69, 9.17) is 9.52 Å². The molecule has 0 bridgehead atoms. The molecule has 1 aromatic carbocycles. The van der Waals surface area contributed by atoms with Crippen LogP contribution in [0.1, 0.15) is 30.8 Å². The Hall–Kier alpha value is -2.07. The highest BCUT2D eigenvalue weighted by molar-refractivity contribution is 5.82. The van der Waals surface area contributed by atoms with Crippen LogP contribution in [0.25, 0.3) is 10.9 Å². The summed E-state index contributed by atoms with van der Waals surface area (Å²) < 4.78 is 7.52. The third-order valence-electron chi connectivity index (χ3n) is 3.49. The largest absolute Gasteiger partial charge is 0.467 e. The number of aryl methyl sites for hydroxylation is 1. The van der Waals surface area contributed by atoms with E-state index >= 15 is 0 Å². The summed E-state index contributed by atoms with van der Waals surface area (Å²) in [7, 11) is 1.98. The predicted molar refractivity (Wildman–Crippen MR) is 79.6 cm³/mol. The van der Waals surface area contributed by atoms with Crippen LogP contribution < -0.4 is 5.32 Å². The van der Waals surface area contributed by atoms with Crippen molar-refractivity contribution in [2.24, 2.45) is 7.05 Å². The summed E-state index contributed by atoms with van der Waals surface area (Å²) in [5.41, 5.74) is 2.16. The van der Waals surface area contributed by atoms with E-state index in [0.29, 0.717) is 0 Å². The van der Waals surface area contributed by atoms with Crippen LogP contribution in [0, 0.1) is 0 Å². The molecule has 3 aromatic rings. The highest BCUT2D eigenvalue weighted by Gasteiger charge is 2.22. The van der Waals surface area contributed by atoms with Crippen LogP contribution in [0.2, 0.25) is 0 Å². The second-order valence-corrected chi connectivity index (χ2v) is 4.93. The molecule has 0 aliphatic carbocycles. The summed E-state index contributed by atoms with van der Waals surface area (Å²) in [5.74, 6) is 0.905. The average Bonchev–Trinajstić information content (AvgIpc) is 3.10. The van der Waals surface area contributed by atoms with Crippen molar-refractivity contribution in [1.29, 1.82) is 0 Å². The summed E-state index contributed by atoms with van der Waals surface area (Å²) in [6.45, 7) is 3.08. The highest BCUT2D eigenvalue weighted by Crippen LogP contribution is 2.28. The van der Waals surface area contributed by atoms with E-state index in [-0.39, 0.29) is 6.04 Å². The van der Waals surface area contributed by atoms with Crippen LogP contribution >= 0.6 is 0 Å². The van der Waals surface area contributed by atoms with Crippen LogP contribution in [0.3, 0.4) is 0 Å². The molecule has 0 amide bonds. The van der Waals surface area contributed by atoms with Gasteiger partial charge >= 0.3 is 0 Å². The third kappa shape index (κ3) is 2.23. The number of furan rings is 1. The minimum Gasteiger partial charge on any atom is -0.467 e. The van der Waals surface area contributed by atoms with Gasteiger partial charge < -0.3 is 9.73 Å². The van der Waals surface area contributed by atoms with Gasteiger partial charge in [-0.15, -0.1) is 0 Å². The molecule has 0 saturated heterocycles. The van der Waals surface area contributed by atoms with Crippen molar-refractivity contribution < 1.29 is 4.42 Å². The van der Waals surface area contributed by atoms with Gasteiger partial charge in [-0.2, -0.15) is 5.10 Å². The van der Waals surface area contributed by atoms with E-state index in [2.05, 4.69) is 24.4 Å². The van der Waals surface area contributed by atoms with E-state index in [9.17, 15) is 0 Å². The van der Waals surface area contributed by atoms with Gasteiger partial charge in [-0.05, 0) is 31.2 Å². The van der Waals surface area contributed by atoms with Gasteiger partial charge in [0, 0.05) is 12.4 Å². The number of fused-ring (bicyclic) bond motifs is 1. The molecule has 0 spiro atoms. The molecule has 3 rings (SSSR count). The molecule has 1 N–H and O–H groups in total. The van der Waals surface area contributed by atoms with Gasteiger partial charge in [0.25, 0.3) is 0 Å². The predicted octanol–water partition coefficient (Wildman–Crippen LogP) is 3.26. The van der Waals surface area contributed by atoms with Crippen molar-refractivity contribution >= 4 is 10.9 Å². The molecule has 104 valence electrons. The molecule has 2 aromatic heterocycles. The smallest absolute Gasteiger partial charge is 0.126 e. The Bertz CT molecular complexity index is 685. The lowest BCUT2D eigenvalue weighted by molar-refractivity contribution is 0.441. The molecule has 1 unspecified atom stereocenters. The summed E-state index contributed by atoms with van der Waals surface area (Å²) in [6.07, 6.45) is 2.78. The molecule has 0 fully saturated rings. The van der Waals surface area contributed by atoms with Crippen LogP contribution in [0.5, 0.6) is 0 Å². The number of rotatable bonds is 5. The second kappa shape index (κ2) is 5.51. The van der Waals surface area contributed by atoms with Gasteiger partial charge in [0.1, 0.15) is 11.8 Å². The van der Waals surface area contributed by atoms with Crippen LogP contribution in [-0.4, -0.2) is 16.3 Å². The molecule has 0 saturated carbocycles. The normalized spacial score (nSPS) is 12.9. The fourth-order valence-corrected chi connectivity index (χ4v) is 2.53. The average molecular weight is 269 g/mol. The van der Waals surface area contributed by atoms with E-state index in [1.165, 1.54) is 5.39 Å². The molecular formula is C16H19N3O. The Labute approximate surface area is 118 Å². The number of nitrogens with one attached hydrogen (secondary N) is 1. The Morgan fingerprint density at radius 1 is 1.25 bits per heavy atom. The first-order valence-corrected chi connectivity index (χ1v) is 6.99. The van der Waals surface area contributed by atoms with Crippen LogP contribution in [0.15, 0.2) is 47.1 Å². The van der Waals surface area contributed by atoms with Gasteiger partial charge in [-0.3, -0.25) is 4.68 Å². The summed E-state index contributed by atoms with van der Waals surface area (Å²) in [4.78, 5) is 0. The summed E-state index contributed by atoms with van der Waals surface area (Å²) >= 11 is 0. The third-order valence-corrected chi connectivity index (χ3v) is 3.49. The molecular weight excluding hydrogens is 250 g/mol. The zero-order chi connectivity index (χ0) is 13.9. The van der Waals surface area contributed by atoms with Crippen molar-refractivity contribution in [3.8, 4) is 0 Å². The molecule has 4 heteroatoms. The number of benzene rings is 1. The van der Waals surface area contributed by atoms with Crippen molar-refractivity contribution in [3.05, 3.63) is 54.1 Å².